The van der Waals surface area contributed by atoms with E-state index < -0.39 is 0 Å². The zero-order valence-corrected chi connectivity index (χ0v) is 12.1. The van der Waals surface area contributed by atoms with Crippen LogP contribution >= 0.6 is 11.8 Å². The first kappa shape index (κ1) is 13.7. The number of benzene rings is 1. The van der Waals surface area contributed by atoms with Crippen LogP contribution in [-0.2, 0) is 16.0 Å². The van der Waals surface area contributed by atoms with Gasteiger partial charge in [0, 0.05) is 11.0 Å². The fraction of sp³-hybridized carbons (Fsp3) is 0.214. The maximum absolute atomic E-state index is 11.9. The summed E-state index contributed by atoms with van der Waals surface area (Å²) in [5.41, 5.74) is 1.59. The number of thioether (sulfide) groups is 1. The SMILES string of the molecule is Cc1cc(NC(=O)Cc2ccc3c(c2)NC(=O)CS3)no1. The summed E-state index contributed by atoms with van der Waals surface area (Å²) in [5.74, 6) is 1.27. The highest BCUT2D eigenvalue weighted by molar-refractivity contribution is 8.00. The lowest BCUT2D eigenvalue weighted by Crippen LogP contribution is -2.19. The Labute approximate surface area is 125 Å². The van der Waals surface area contributed by atoms with Crippen molar-refractivity contribution in [2.24, 2.45) is 0 Å². The van der Waals surface area contributed by atoms with Crippen LogP contribution in [0.1, 0.15) is 11.3 Å². The highest BCUT2D eigenvalue weighted by Gasteiger charge is 2.16. The summed E-state index contributed by atoms with van der Waals surface area (Å²) in [6.07, 6.45) is 0.208. The van der Waals surface area contributed by atoms with Crippen LogP contribution in [0.2, 0.25) is 0 Å². The summed E-state index contributed by atoms with van der Waals surface area (Å²) in [6, 6.07) is 7.29. The van der Waals surface area contributed by atoms with Gasteiger partial charge in [0.05, 0.1) is 17.9 Å². The van der Waals surface area contributed by atoms with Crippen molar-refractivity contribution in [1.82, 2.24) is 5.16 Å². The summed E-state index contributed by atoms with van der Waals surface area (Å²) >= 11 is 1.49. The number of rotatable bonds is 3. The second-order valence-electron chi connectivity index (χ2n) is 4.72. The van der Waals surface area contributed by atoms with Crippen LogP contribution in [0.15, 0.2) is 33.7 Å². The van der Waals surface area contributed by atoms with Gasteiger partial charge in [-0.3, -0.25) is 9.59 Å². The minimum Gasteiger partial charge on any atom is -0.360 e. The summed E-state index contributed by atoms with van der Waals surface area (Å²) in [4.78, 5) is 24.3. The van der Waals surface area contributed by atoms with Crippen LogP contribution in [0.5, 0.6) is 0 Å². The summed E-state index contributed by atoms with van der Waals surface area (Å²) < 4.78 is 4.89. The van der Waals surface area contributed by atoms with Gasteiger partial charge in [-0.05, 0) is 24.6 Å². The lowest BCUT2D eigenvalue weighted by Gasteiger charge is -2.16. The molecule has 21 heavy (non-hydrogen) atoms. The van der Waals surface area contributed by atoms with Gasteiger partial charge in [0.2, 0.25) is 11.8 Å². The van der Waals surface area contributed by atoms with Crippen LogP contribution in [0.3, 0.4) is 0 Å². The van der Waals surface area contributed by atoms with E-state index in [-0.39, 0.29) is 18.2 Å². The third kappa shape index (κ3) is 3.25. The molecule has 0 aliphatic carbocycles. The van der Waals surface area contributed by atoms with Crippen molar-refractivity contribution in [3.63, 3.8) is 0 Å². The normalized spacial score (nSPS) is 13.5. The molecule has 7 heteroatoms. The number of hydrogen-bond acceptors (Lipinski definition) is 5. The molecule has 1 aromatic heterocycles. The highest BCUT2D eigenvalue weighted by atomic mass is 32.2. The van der Waals surface area contributed by atoms with Crippen LogP contribution < -0.4 is 10.6 Å². The Morgan fingerprint density at radius 3 is 3.10 bits per heavy atom. The molecule has 108 valence electrons. The van der Waals surface area contributed by atoms with Crippen LogP contribution in [0.25, 0.3) is 0 Å². The number of carbonyl (C=O) groups is 2. The van der Waals surface area contributed by atoms with Crippen molar-refractivity contribution < 1.29 is 14.1 Å². The molecule has 1 aliphatic heterocycles. The maximum Gasteiger partial charge on any atom is 0.234 e. The molecule has 2 aromatic rings. The van der Waals surface area contributed by atoms with Gasteiger partial charge in [-0.2, -0.15) is 0 Å². The van der Waals surface area contributed by atoms with Crippen LogP contribution in [-0.4, -0.2) is 22.7 Å². The van der Waals surface area contributed by atoms with E-state index in [9.17, 15) is 9.59 Å². The fourth-order valence-electron chi connectivity index (χ4n) is 2.04. The number of nitrogens with one attached hydrogen (secondary N) is 2. The lowest BCUT2D eigenvalue weighted by molar-refractivity contribution is -0.115. The standard InChI is InChI=1S/C14H13N3O3S/c1-8-4-12(17-20-8)16-13(18)6-9-2-3-11-10(5-9)15-14(19)7-21-11/h2-5H,6-7H2,1H3,(H,15,19)(H,16,17,18). The van der Waals surface area contributed by atoms with Crippen molar-refractivity contribution >= 4 is 35.1 Å². The molecular weight excluding hydrogens is 290 g/mol. The van der Waals surface area contributed by atoms with Gasteiger partial charge in [0.25, 0.3) is 0 Å². The number of aromatic nitrogens is 1. The predicted molar refractivity (Wildman–Crippen MR) is 79.4 cm³/mol. The Balaban J connectivity index is 1.68. The fourth-order valence-corrected chi connectivity index (χ4v) is 2.83. The van der Waals surface area contributed by atoms with Gasteiger partial charge in [-0.15, -0.1) is 11.8 Å². The van der Waals surface area contributed by atoms with Gasteiger partial charge >= 0.3 is 0 Å². The van der Waals surface area contributed by atoms with E-state index in [1.54, 1.807) is 13.0 Å². The molecule has 0 radical (unpaired) electrons. The van der Waals surface area contributed by atoms with Gasteiger partial charge in [0.15, 0.2) is 5.82 Å². The van der Waals surface area contributed by atoms with Gasteiger partial charge in [0.1, 0.15) is 5.76 Å². The first-order valence-corrected chi connectivity index (χ1v) is 7.37. The molecule has 0 unspecified atom stereocenters. The minimum atomic E-state index is -0.182. The van der Waals surface area contributed by atoms with Crippen LogP contribution in [0, 0.1) is 6.92 Å². The molecule has 0 saturated carbocycles. The number of anilines is 2. The first-order valence-electron chi connectivity index (χ1n) is 6.39. The highest BCUT2D eigenvalue weighted by Crippen LogP contribution is 2.32. The van der Waals surface area contributed by atoms with E-state index in [0.29, 0.717) is 17.3 Å². The molecule has 2 heterocycles. The second-order valence-corrected chi connectivity index (χ2v) is 5.73. The molecule has 0 bridgehead atoms. The van der Waals surface area contributed by atoms with E-state index in [2.05, 4.69) is 15.8 Å². The third-order valence-corrected chi connectivity index (χ3v) is 4.01. The van der Waals surface area contributed by atoms with Gasteiger partial charge < -0.3 is 15.2 Å². The molecule has 1 aliphatic rings. The van der Waals surface area contributed by atoms with E-state index in [1.165, 1.54) is 11.8 Å². The van der Waals surface area contributed by atoms with E-state index in [4.69, 9.17) is 4.52 Å². The van der Waals surface area contributed by atoms with E-state index >= 15 is 0 Å². The Kier molecular flexibility index (Phi) is 3.66. The van der Waals surface area contributed by atoms with Crippen molar-refractivity contribution in [1.29, 1.82) is 0 Å². The zero-order valence-electron chi connectivity index (χ0n) is 11.3. The van der Waals surface area contributed by atoms with E-state index in [1.807, 2.05) is 18.2 Å². The topological polar surface area (TPSA) is 84.2 Å². The number of hydrogen-bond donors (Lipinski definition) is 2. The minimum absolute atomic E-state index is 0.0211. The molecular formula is C14H13N3O3S. The largest absolute Gasteiger partial charge is 0.360 e. The molecule has 0 saturated heterocycles. The Hall–Kier alpha value is -2.28. The Bertz CT molecular complexity index is 711. The average Bonchev–Trinajstić information content (AvgIpc) is 2.83. The predicted octanol–water partition coefficient (Wildman–Crippen LogP) is 2.21. The average molecular weight is 303 g/mol. The molecule has 2 N–H and O–H groups in total. The molecule has 1 aromatic carbocycles. The third-order valence-electron chi connectivity index (χ3n) is 2.94. The number of carbonyl (C=O) groups excluding carboxylic acids is 2. The second kappa shape index (κ2) is 5.61. The number of amides is 2. The van der Waals surface area contributed by atoms with Crippen molar-refractivity contribution in [3.8, 4) is 0 Å². The molecule has 6 nitrogen and oxygen atoms in total. The zero-order chi connectivity index (χ0) is 14.8. The number of nitrogens with zero attached hydrogens (tertiary/aromatic N) is 1. The monoisotopic (exact) mass is 303 g/mol. The molecule has 2 amide bonds. The molecule has 0 fully saturated rings. The maximum atomic E-state index is 11.9. The smallest absolute Gasteiger partial charge is 0.234 e. The molecule has 0 spiro atoms. The van der Waals surface area contributed by atoms with Crippen molar-refractivity contribution in [2.75, 3.05) is 16.4 Å². The molecule has 0 atom stereocenters. The quantitative estimate of drug-likeness (QED) is 0.908. The molecule has 3 rings (SSSR count). The number of fused-ring (bicyclic) bond motifs is 1. The van der Waals surface area contributed by atoms with Crippen molar-refractivity contribution in [3.05, 3.63) is 35.6 Å². The number of aryl methyl sites for hydroxylation is 1. The Morgan fingerprint density at radius 1 is 1.48 bits per heavy atom. The van der Waals surface area contributed by atoms with Crippen molar-refractivity contribution in [2.45, 2.75) is 18.2 Å². The lowest BCUT2D eigenvalue weighted by atomic mass is 10.1. The van der Waals surface area contributed by atoms with Gasteiger partial charge in [-0.25, -0.2) is 0 Å². The van der Waals surface area contributed by atoms with Crippen LogP contribution in [0.4, 0.5) is 11.5 Å². The summed E-state index contributed by atoms with van der Waals surface area (Å²) in [5, 5.41) is 9.18. The first-order chi connectivity index (χ1) is 10.1. The summed E-state index contributed by atoms with van der Waals surface area (Å²) in [6.45, 7) is 1.76. The van der Waals surface area contributed by atoms with E-state index in [0.717, 1.165) is 16.1 Å². The summed E-state index contributed by atoms with van der Waals surface area (Å²) in [7, 11) is 0. The Morgan fingerprint density at radius 2 is 2.33 bits per heavy atom. The van der Waals surface area contributed by atoms with Gasteiger partial charge in [-0.1, -0.05) is 11.2 Å².